The van der Waals surface area contributed by atoms with Crippen LogP contribution in [0.5, 0.6) is 11.5 Å². The van der Waals surface area contributed by atoms with E-state index in [4.69, 9.17) is 10.5 Å². The maximum Gasteiger partial charge on any atom is 0.162 e. The third-order valence-corrected chi connectivity index (χ3v) is 1.57. The number of nitrogens with two attached hydrogens (primary N) is 1. The molecule has 0 amide bonds. The molecule has 1 aromatic rings. The second kappa shape index (κ2) is 2.70. The molecule has 0 atom stereocenters. The first-order valence-corrected chi connectivity index (χ1v) is 3.28. The molecule has 0 aromatic heterocycles. The monoisotopic (exact) mass is 153 g/mol. The maximum absolute atomic E-state index is 9.24. The van der Waals surface area contributed by atoms with Crippen LogP contribution in [0.15, 0.2) is 12.1 Å². The second-order valence-electron chi connectivity index (χ2n) is 2.38. The topological polar surface area (TPSA) is 55.5 Å². The van der Waals surface area contributed by atoms with Gasteiger partial charge in [0.2, 0.25) is 0 Å². The van der Waals surface area contributed by atoms with E-state index in [-0.39, 0.29) is 5.75 Å². The predicted molar refractivity (Wildman–Crippen MR) is 43.8 cm³/mol. The summed E-state index contributed by atoms with van der Waals surface area (Å²) in [5.74, 6) is 0.535. The number of benzene rings is 1. The molecule has 0 aliphatic heterocycles. The van der Waals surface area contributed by atoms with Crippen LogP contribution in [0.4, 0.5) is 5.69 Å². The van der Waals surface area contributed by atoms with E-state index < -0.39 is 0 Å². The third-order valence-electron chi connectivity index (χ3n) is 1.57. The summed E-state index contributed by atoms with van der Waals surface area (Å²) < 4.78 is 4.85. The Hall–Kier alpha value is -1.38. The van der Waals surface area contributed by atoms with E-state index in [9.17, 15) is 5.11 Å². The van der Waals surface area contributed by atoms with E-state index in [0.29, 0.717) is 11.4 Å². The number of phenols is 1. The average Bonchev–Trinajstić information content (AvgIpc) is 1.97. The Morgan fingerprint density at radius 1 is 1.45 bits per heavy atom. The highest BCUT2D eigenvalue weighted by atomic mass is 16.5. The molecule has 0 radical (unpaired) electrons. The number of methoxy groups -OCH3 is 1. The molecule has 0 bridgehead atoms. The molecule has 0 aliphatic carbocycles. The molecule has 11 heavy (non-hydrogen) atoms. The molecule has 3 heteroatoms. The minimum Gasteiger partial charge on any atom is -0.504 e. The number of rotatable bonds is 1. The second-order valence-corrected chi connectivity index (χ2v) is 2.38. The largest absolute Gasteiger partial charge is 0.504 e. The van der Waals surface area contributed by atoms with Crippen LogP contribution in [0.1, 0.15) is 5.56 Å². The van der Waals surface area contributed by atoms with E-state index in [0.717, 1.165) is 5.56 Å². The Bertz CT molecular complexity index is 271. The van der Waals surface area contributed by atoms with E-state index in [1.165, 1.54) is 7.11 Å². The third kappa shape index (κ3) is 1.37. The van der Waals surface area contributed by atoms with Crippen molar-refractivity contribution in [3.8, 4) is 11.5 Å². The van der Waals surface area contributed by atoms with Gasteiger partial charge in [0.25, 0.3) is 0 Å². The van der Waals surface area contributed by atoms with Crippen molar-refractivity contribution < 1.29 is 9.84 Å². The minimum absolute atomic E-state index is 0.124. The fraction of sp³-hybridized carbons (Fsp3) is 0.250. The quantitative estimate of drug-likeness (QED) is 0.472. The van der Waals surface area contributed by atoms with E-state index >= 15 is 0 Å². The molecular weight excluding hydrogens is 142 g/mol. The molecule has 0 saturated carbocycles. The first-order valence-electron chi connectivity index (χ1n) is 3.28. The van der Waals surface area contributed by atoms with Gasteiger partial charge in [-0.2, -0.15) is 0 Å². The van der Waals surface area contributed by atoms with Gasteiger partial charge in [-0.1, -0.05) is 0 Å². The molecule has 0 fully saturated rings. The molecule has 1 aromatic carbocycles. The Morgan fingerprint density at radius 3 is 2.64 bits per heavy atom. The molecule has 3 nitrogen and oxygen atoms in total. The van der Waals surface area contributed by atoms with Crippen molar-refractivity contribution in [1.29, 1.82) is 0 Å². The number of ether oxygens (including phenoxy) is 1. The predicted octanol–water partition coefficient (Wildman–Crippen LogP) is 1.29. The van der Waals surface area contributed by atoms with E-state index in [1.807, 2.05) is 6.92 Å². The van der Waals surface area contributed by atoms with Crippen LogP contribution in [-0.2, 0) is 0 Å². The molecule has 3 N–H and O–H groups in total. The van der Waals surface area contributed by atoms with Gasteiger partial charge in [0.1, 0.15) is 0 Å². The Kier molecular flexibility index (Phi) is 1.89. The Balaban J connectivity index is 3.21. The number of phenolic OH excluding ortho intramolecular Hbond substituents is 1. The fourth-order valence-corrected chi connectivity index (χ4v) is 0.852. The summed E-state index contributed by atoms with van der Waals surface area (Å²) in [6.07, 6.45) is 0. The van der Waals surface area contributed by atoms with E-state index in [1.54, 1.807) is 12.1 Å². The highest BCUT2D eigenvalue weighted by Gasteiger charge is 2.02. The fourth-order valence-electron chi connectivity index (χ4n) is 0.852. The number of hydrogen-bond donors (Lipinski definition) is 2. The van der Waals surface area contributed by atoms with Gasteiger partial charge < -0.3 is 15.6 Å². The summed E-state index contributed by atoms with van der Waals surface area (Å²) in [4.78, 5) is 0. The molecular formula is C8H11NO2. The normalized spacial score (nSPS) is 9.64. The summed E-state index contributed by atoms with van der Waals surface area (Å²) in [5, 5.41) is 9.24. The van der Waals surface area contributed by atoms with Gasteiger partial charge in [0.15, 0.2) is 11.5 Å². The standard InChI is InChI=1S/C8H11NO2/c1-5-3-7(10)8(11-2)4-6(5)9/h3-4,10H,9H2,1-2H3. The minimum atomic E-state index is 0.124. The van der Waals surface area contributed by atoms with Crippen molar-refractivity contribution in [2.45, 2.75) is 6.92 Å². The summed E-state index contributed by atoms with van der Waals surface area (Å²) in [6, 6.07) is 3.18. The van der Waals surface area contributed by atoms with Gasteiger partial charge in [-0.3, -0.25) is 0 Å². The van der Waals surface area contributed by atoms with Gasteiger partial charge in [-0.25, -0.2) is 0 Å². The first kappa shape index (κ1) is 7.72. The zero-order valence-corrected chi connectivity index (χ0v) is 6.59. The van der Waals surface area contributed by atoms with Crippen LogP contribution >= 0.6 is 0 Å². The van der Waals surface area contributed by atoms with Crippen molar-refractivity contribution in [3.05, 3.63) is 17.7 Å². The summed E-state index contributed by atoms with van der Waals surface area (Å²) >= 11 is 0. The van der Waals surface area contributed by atoms with Crippen LogP contribution in [0.3, 0.4) is 0 Å². The maximum atomic E-state index is 9.24. The lowest BCUT2D eigenvalue weighted by atomic mass is 10.2. The molecule has 0 aliphatic rings. The van der Waals surface area contributed by atoms with Gasteiger partial charge >= 0.3 is 0 Å². The lowest BCUT2D eigenvalue weighted by Gasteiger charge is -2.05. The zero-order valence-electron chi connectivity index (χ0n) is 6.59. The summed E-state index contributed by atoms with van der Waals surface area (Å²) in [7, 11) is 1.49. The molecule has 0 heterocycles. The molecule has 0 unspecified atom stereocenters. The van der Waals surface area contributed by atoms with Crippen molar-refractivity contribution in [2.75, 3.05) is 12.8 Å². The number of aryl methyl sites for hydroxylation is 1. The highest BCUT2D eigenvalue weighted by Crippen LogP contribution is 2.29. The number of aromatic hydroxyl groups is 1. The number of hydrogen-bond acceptors (Lipinski definition) is 3. The summed E-state index contributed by atoms with van der Waals surface area (Å²) in [6.45, 7) is 1.83. The van der Waals surface area contributed by atoms with Gasteiger partial charge in [-0.05, 0) is 18.6 Å². The molecule has 1 rings (SSSR count). The number of anilines is 1. The van der Waals surface area contributed by atoms with Crippen LogP contribution in [-0.4, -0.2) is 12.2 Å². The summed E-state index contributed by atoms with van der Waals surface area (Å²) in [5.41, 5.74) is 7.05. The molecule has 0 spiro atoms. The Morgan fingerprint density at radius 2 is 2.09 bits per heavy atom. The van der Waals surface area contributed by atoms with Crippen LogP contribution in [0.2, 0.25) is 0 Å². The van der Waals surface area contributed by atoms with Crippen molar-refractivity contribution in [2.24, 2.45) is 0 Å². The van der Waals surface area contributed by atoms with Crippen LogP contribution in [0, 0.1) is 6.92 Å². The van der Waals surface area contributed by atoms with E-state index in [2.05, 4.69) is 0 Å². The SMILES string of the molecule is COc1cc(N)c(C)cc1O. The lowest BCUT2D eigenvalue weighted by molar-refractivity contribution is 0.373. The van der Waals surface area contributed by atoms with Crippen molar-refractivity contribution >= 4 is 5.69 Å². The number of nitrogen functional groups attached to an aromatic ring is 1. The molecule has 60 valence electrons. The van der Waals surface area contributed by atoms with Crippen molar-refractivity contribution in [1.82, 2.24) is 0 Å². The van der Waals surface area contributed by atoms with Gasteiger partial charge in [-0.15, -0.1) is 0 Å². The smallest absolute Gasteiger partial charge is 0.162 e. The van der Waals surface area contributed by atoms with Crippen molar-refractivity contribution in [3.63, 3.8) is 0 Å². The zero-order chi connectivity index (χ0) is 8.43. The average molecular weight is 153 g/mol. The van der Waals surface area contributed by atoms with Gasteiger partial charge in [0.05, 0.1) is 7.11 Å². The molecule has 0 saturated heterocycles. The first-order chi connectivity index (χ1) is 5.15. The Labute approximate surface area is 65.4 Å². The van der Waals surface area contributed by atoms with Gasteiger partial charge in [0, 0.05) is 11.8 Å². The van der Waals surface area contributed by atoms with Crippen LogP contribution < -0.4 is 10.5 Å². The highest BCUT2D eigenvalue weighted by molar-refractivity contribution is 5.56. The lowest BCUT2D eigenvalue weighted by Crippen LogP contribution is -1.91. The van der Waals surface area contributed by atoms with Crippen LogP contribution in [0.25, 0.3) is 0 Å².